The summed E-state index contributed by atoms with van der Waals surface area (Å²) in [4.78, 5) is 2.52. The highest BCUT2D eigenvalue weighted by molar-refractivity contribution is 9.10. The van der Waals surface area contributed by atoms with Crippen molar-refractivity contribution in [3.05, 3.63) is 15.9 Å². The van der Waals surface area contributed by atoms with Gasteiger partial charge in [-0.1, -0.05) is 0 Å². The molecule has 1 aromatic rings. The van der Waals surface area contributed by atoms with Crippen molar-refractivity contribution in [3.63, 3.8) is 0 Å². The number of nitrogens with two attached hydrogens (primary N) is 1. The second kappa shape index (κ2) is 6.17. The SMILES string of the molecule is Cc1nn(C)c(CN2CCC(CCN)CC2)c1Br. The molecule has 102 valence electrons. The molecule has 0 aromatic carbocycles. The number of hydrogen-bond acceptors (Lipinski definition) is 3. The first-order valence-corrected chi connectivity index (χ1v) is 7.51. The predicted molar refractivity (Wildman–Crippen MR) is 77.3 cm³/mol. The second-order valence-corrected chi connectivity index (χ2v) is 6.06. The molecule has 1 aromatic heterocycles. The molecule has 0 bridgehead atoms. The summed E-state index contributed by atoms with van der Waals surface area (Å²) in [6.07, 6.45) is 3.75. The lowest BCUT2D eigenvalue weighted by atomic mass is 9.93. The van der Waals surface area contributed by atoms with Crippen LogP contribution in [0.15, 0.2) is 4.47 Å². The predicted octanol–water partition coefficient (Wildman–Crippen LogP) is 2.05. The Morgan fingerprint density at radius 3 is 2.56 bits per heavy atom. The van der Waals surface area contributed by atoms with Crippen LogP contribution in [0.25, 0.3) is 0 Å². The molecule has 2 rings (SSSR count). The molecule has 0 saturated carbocycles. The topological polar surface area (TPSA) is 47.1 Å². The van der Waals surface area contributed by atoms with E-state index >= 15 is 0 Å². The van der Waals surface area contributed by atoms with Gasteiger partial charge in [0.05, 0.1) is 15.9 Å². The maximum atomic E-state index is 5.63. The van der Waals surface area contributed by atoms with E-state index < -0.39 is 0 Å². The minimum absolute atomic E-state index is 0.830. The minimum atomic E-state index is 0.830. The summed E-state index contributed by atoms with van der Waals surface area (Å²) in [6, 6.07) is 0. The standard InChI is InChI=1S/C13H23BrN4/c1-10-13(14)12(17(2)16-10)9-18-7-4-11(3-6-15)5-8-18/h11H,3-9,15H2,1-2H3. The zero-order valence-corrected chi connectivity index (χ0v) is 12.9. The Labute approximate surface area is 118 Å². The van der Waals surface area contributed by atoms with Gasteiger partial charge < -0.3 is 5.73 Å². The number of nitrogens with zero attached hydrogens (tertiary/aromatic N) is 3. The lowest BCUT2D eigenvalue weighted by Crippen LogP contribution is -2.34. The summed E-state index contributed by atoms with van der Waals surface area (Å²) in [5.74, 6) is 0.836. The van der Waals surface area contributed by atoms with Crippen molar-refractivity contribution < 1.29 is 0 Å². The van der Waals surface area contributed by atoms with E-state index in [2.05, 4.69) is 25.9 Å². The van der Waals surface area contributed by atoms with Gasteiger partial charge >= 0.3 is 0 Å². The summed E-state index contributed by atoms with van der Waals surface area (Å²) in [5.41, 5.74) is 7.99. The highest BCUT2D eigenvalue weighted by atomic mass is 79.9. The van der Waals surface area contributed by atoms with Crippen LogP contribution in [0, 0.1) is 12.8 Å². The molecule has 2 heterocycles. The summed E-state index contributed by atoms with van der Waals surface area (Å²) >= 11 is 3.64. The number of halogens is 1. The molecule has 0 amide bonds. The van der Waals surface area contributed by atoms with Crippen LogP contribution in [0.4, 0.5) is 0 Å². The van der Waals surface area contributed by atoms with Crippen molar-refractivity contribution in [2.24, 2.45) is 18.7 Å². The fraction of sp³-hybridized carbons (Fsp3) is 0.769. The minimum Gasteiger partial charge on any atom is -0.330 e. The third-order valence-electron chi connectivity index (χ3n) is 3.92. The van der Waals surface area contributed by atoms with Crippen molar-refractivity contribution in [2.45, 2.75) is 32.7 Å². The van der Waals surface area contributed by atoms with Gasteiger partial charge in [0, 0.05) is 13.6 Å². The first-order valence-electron chi connectivity index (χ1n) is 6.72. The molecule has 0 aliphatic carbocycles. The molecule has 4 nitrogen and oxygen atoms in total. The first kappa shape index (κ1) is 14.0. The van der Waals surface area contributed by atoms with Crippen LogP contribution in [0.1, 0.15) is 30.7 Å². The summed E-state index contributed by atoms with van der Waals surface area (Å²) in [7, 11) is 2.02. The van der Waals surface area contributed by atoms with E-state index in [-0.39, 0.29) is 0 Å². The molecule has 5 heteroatoms. The summed E-state index contributed by atoms with van der Waals surface area (Å²) < 4.78 is 3.15. The van der Waals surface area contributed by atoms with Crippen LogP contribution in [-0.4, -0.2) is 34.3 Å². The molecule has 1 aliphatic rings. The van der Waals surface area contributed by atoms with Crippen LogP contribution < -0.4 is 5.73 Å². The third-order valence-corrected chi connectivity index (χ3v) is 4.95. The van der Waals surface area contributed by atoms with Crippen LogP contribution in [0.3, 0.4) is 0 Å². The highest BCUT2D eigenvalue weighted by Gasteiger charge is 2.21. The summed E-state index contributed by atoms with van der Waals surface area (Å²) in [6.45, 7) is 6.23. The van der Waals surface area contributed by atoms with Gasteiger partial charge in [-0.05, 0) is 67.7 Å². The average Bonchev–Trinajstić information content (AvgIpc) is 2.59. The third kappa shape index (κ3) is 3.13. The second-order valence-electron chi connectivity index (χ2n) is 5.27. The van der Waals surface area contributed by atoms with Gasteiger partial charge in [0.25, 0.3) is 0 Å². The van der Waals surface area contributed by atoms with E-state index in [9.17, 15) is 0 Å². The molecule has 18 heavy (non-hydrogen) atoms. The van der Waals surface area contributed by atoms with E-state index in [1.165, 1.54) is 38.0 Å². The fourth-order valence-electron chi connectivity index (χ4n) is 2.73. The van der Waals surface area contributed by atoms with Gasteiger partial charge in [-0.25, -0.2) is 0 Å². The lowest BCUT2D eigenvalue weighted by Gasteiger charge is -2.31. The first-order chi connectivity index (χ1) is 8.61. The quantitative estimate of drug-likeness (QED) is 0.925. The number of likely N-dealkylation sites (tertiary alicyclic amines) is 1. The van der Waals surface area contributed by atoms with Crippen molar-refractivity contribution in [1.29, 1.82) is 0 Å². The molecular weight excluding hydrogens is 292 g/mol. The number of rotatable bonds is 4. The lowest BCUT2D eigenvalue weighted by molar-refractivity contribution is 0.170. The Morgan fingerprint density at radius 1 is 1.39 bits per heavy atom. The van der Waals surface area contributed by atoms with E-state index in [1.807, 2.05) is 18.7 Å². The Kier molecular flexibility index (Phi) is 4.81. The van der Waals surface area contributed by atoms with Crippen molar-refractivity contribution in [2.75, 3.05) is 19.6 Å². The maximum Gasteiger partial charge on any atom is 0.0739 e. The van der Waals surface area contributed by atoms with Crippen LogP contribution in [0.5, 0.6) is 0 Å². The van der Waals surface area contributed by atoms with E-state index in [0.717, 1.165) is 29.2 Å². The normalized spacial score (nSPS) is 18.4. The Bertz CT molecular complexity index is 394. The Morgan fingerprint density at radius 2 is 2.06 bits per heavy atom. The molecule has 0 unspecified atom stereocenters. The highest BCUT2D eigenvalue weighted by Crippen LogP contribution is 2.25. The van der Waals surface area contributed by atoms with Gasteiger partial charge in [-0.15, -0.1) is 0 Å². The number of aryl methyl sites for hydroxylation is 2. The number of hydrogen-bond donors (Lipinski definition) is 1. The van der Waals surface area contributed by atoms with E-state index in [0.29, 0.717) is 0 Å². The van der Waals surface area contributed by atoms with Crippen LogP contribution >= 0.6 is 15.9 Å². The molecule has 1 fully saturated rings. The molecule has 2 N–H and O–H groups in total. The van der Waals surface area contributed by atoms with Crippen molar-refractivity contribution >= 4 is 15.9 Å². The monoisotopic (exact) mass is 314 g/mol. The zero-order valence-electron chi connectivity index (χ0n) is 11.3. The van der Waals surface area contributed by atoms with E-state index in [4.69, 9.17) is 5.73 Å². The van der Waals surface area contributed by atoms with Crippen molar-refractivity contribution in [1.82, 2.24) is 14.7 Å². The summed E-state index contributed by atoms with van der Waals surface area (Å²) in [5, 5.41) is 4.45. The number of piperidine rings is 1. The Balaban J connectivity index is 1.91. The van der Waals surface area contributed by atoms with Gasteiger partial charge in [0.1, 0.15) is 0 Å². The molecule has 1 aliphatic heterocycles. The fourth-order valence-corrected chi connectivity index (χ4v) is 3.19. The molecular formula is C13H23BrN4. The largest absolute Gasteiger partial charge is 0.330 e. The van der Waals surface area contributed by atoms with Crippen LogP contribution in [-0.2, 0) is 13.6 Å². The molecule has 1 saturated heterocycles. The van der Waals surface area contributed by atoms with Gasteiger partial charge in [-0.2, -0.15) is 5.10 Å². The maximum absolute atomic E-state index is 5.63. The number of aromatic nitrogens is 2. The smallest absolute Gasteiger partial charge is 0.0739 e. The van der Waals surface area contributed by atoms with Gasteiger partial charge in [0.2, 0.25) is 0 Å². The van der Waals surface area contributed by atoms with Gasteiger partial charge in [-0.3, -0.25) is 9.58 Å². The zero-order chi connectivity index (χ0) is 13.1. The van der Waals surface area contributed by atoms with Crippen LogP contribution in [0.2, 0.25) is 0 Å². The molecule has 0 spiro atoms. The van der Waals surface area contributed by atoms with Crippen molar-refractivity contribution in [3.8, 4) is 0 Å². The average molecular weight is 315 g/mol. The van der Waals surface area contributed by atoms with E-state index in [1.54, 1.807) is 0 Å². The van der Waals surface area contributed by atoms with Gasteiger partial charge in [0.15, 0.2) is 0 Å². The molecule has 0 atom stereocenters. The molecule has 0 radical (unpaired) electrons. The Hall–Kier alpha value is -0.390.